The minimum atomic E-state index is -0.855. The number of nitrogens with one attached hydrogen (secondary N) is 1. The van der Waals surface area contributed by atoms with Crippen molar-refractivity contribution in [3.05, 3.63) is 0 Å². The summed E-state index contributed by atoms with van der Waals surface area (Å²) in [4.78, 5) is 13.6. The van der Waals surface area contributed by atoms with Crippen LogP contribution in [0.25, 0.3) is 0 Å². The molecular formula is C17H32N2O2. The third kappa shape index (κ3) is 5.50. The van der Waals surface area contributed by atoms with Gasteiger partial charge < -0.3 is 15.3 Å². The SMILES string of the molecule is CCCCC1CCCN(C[C@@H]2CCCC[C@H]2NC(=O)O)C1. The molecule has 21 heavy (non-hydrogen) atoms. The predicted molar refractivity (Wildman–Crippen MR) is 85.6 cm³/mol. The molecule has 0 spiro atoms. The molecule has 0 aromatic heterocycles. The van der Waals surface area contributed by atoms with E-state index in [2.05, 4.69) is 17.1 Å². The summed E-state index contributed by atoms with van der Waals surface area (Å²) >= 11 is 0. The quantitative estimate of drug-likeness (QED) is 0.785. The summed E-state index contributed by atoms with van der Waals surface area (Å²) in [5.41, 5.74) is 0. The number of amides is 1. The fourth-order valence-electron chi connectivity index (χ4n) is 4.15. The third-order valence-electron chi connectivity index (χ3n) is 5.28. The molecule has 1 saturated carbocycles. The van der Waals surface area contributed by atoms with Crippen molar-refractivity contribution in [2.45, 2.75) is 70.8 Å². The Morgan fingerprint density at radius 1 is 1.24 bits per heavy atom. The number of piperidine rings is 1. The van der Waals surface area contributed by atoms with Gasteiger partial charge in [0.15, 0.2) is 0 Å². The Morgan fingerprint density at radius 3 is 2.81 bits per heavy atom. The lowest BCUT2D eigenvalue weighted by Gasteiger charge is -2.39. The Morgan fingerprint density at radius 2 is 2.05 bits per heavy atom. The van der Waals surface area contributed by atoms with Crippen LogP contribution < -0.4 is 5.32 Å². The monoisotopic (exact) mass is 296 g/mol. The highest BCUT2D eigenvalue weighted by Gasteiger charge is 2.29. The molecule has 0 aromatic rings. The molecular weight excluding hydrogens is 264 g/mol. The summed E-state index contributed by atoms with van der Waals surface area (Å²) in [5.74, 6) is 1.38. The van der Waals surface area contributed by atoms with Crippen LogP contribution in [0.1, 0.15) is 64.7 Å². The van der Waals surface area contributed by atoms with Crippen molar-refractivity contribution in [2.24, 2.45) is 11.8 Å². The van der Waals surface area contributed by atoms with Crippen molar-refractivity contribution in [2.75, 3.05) is 19.6 Å². The summed E-state index contributed by atoms with van der Waals surface area (Å²) < 4.78 is 0. The van der Waals surface area contributed by atoms with Gasteiger partial charge in [0.2, 0.25) is 0 Å². The molecule has 1 amide bonds. The fraction of sp³-hybridized carbons (Fsp3) is 0.941. The van der Waals surface area contributed by atoms with Crippen LogP contribution in [-0.4, -0.2) is 41.8 Å². The van der Waals surface area contributed by atoms with Gasteiger partial charge in [-0.15, -0.1) is 0 Å². The number of carbonyl (C=O) groups is 1. The molecule has 3 atom stereocenters. The Balaban J connectivity index is 1.81. The van der Waals surface area contributed by atoms with Crippen molar-refractivity contribution in [3.63, 3.8) is 0 Å². The average Bonchev–Trinajstić information content (AvgIpc) is 2.47. The molecule has 1 heterocycles. The van der Waals surface area contributed by atoms with Crippen LogP contribution in [0.15, 0.2) is 0 Å². The summed E-state index contributed by atoms with van der Waals surface area (Å²) in [6.45, 7) is 5.80. The van der Waals surface area contributed by atoms with E-state index >= 15 is 0 Å². The van der Waals surface area contributed by atoms with Crippen molar-refractivity contribution in [3.8, 4) is 0 Å². The zero-order chi connectivity index (χ0) is 15.1. The average molecular weight is 296 g/mol. The molecule has 0 bridgehead atoms. The highest BCUT2D eigenvalue weighted by molar-refractivity contribution is 5.64. The van der Waals surface area contributed by atoms with Crippen molar-refractivity contribution < 1.29 is 9.90 Å². The summed E-state index contributed by atoms with van der Waals surface area (Å²) in [5, 5.41) is 11.8. The Bertz CT molecular complexity index is 322. The van der Waals surface area contributed by atoms with Crippen LogP contribution in [0.5, 0.6) is 0 Å². The molecule has 1 saturated heterocycles. The highest BCUT2D eigenvalue weighted by atomic mass is 16.4. The Labute approximate surface area is 129 Å². The van der Waals surface area contributed by atoms with Crippen LogP contribution in [0.4, 0.5) is 4.79 Å². The van der Waals surface area contributed by atoms with Gasteiger partial charge in [0, 0.05) is 19.1 Å². The van der Waals surface area contributed by atoms with Crippen molar-refractivity contribution in [1.29, 1.82) is 0 Å². The molecule has 0 aromatic carbocycles. The van der Waals surface area contributed by atoms with Crippen LogP contribution in [0.3, 0.4) is 0 Å². The number of likely N-dealkylation sites (tertiary alicyclic amines) is 1. The summed E-state index contributed by atoms with van der Waals surface area (Å²) in [6, 6.07) is 0.173. The largest absolute Gasteiger partial charge is 0.465 e. The molecule has 2 rings (SSSR count). The highest BCUT2D eigenvalue weighted by Crippen LogP contribution is 2.28. The molecule has 2 aliphatic rings. The molecule has 4 nitrogen and oxygen atoms in total. The van der Waals surface area contributed by atoms with Gasteiger partial charge in [0.05, 0.1) is 0 Å². The first kappa shape index (κ1) is 16.6. The van der Waals surface area contributed by atoms with E-state index in [1.165, 1.54) is 64.5 Å². The maximum Gasteiger partial charge on any atom is 0.404 e. The lowest BCUT2D eigenvalue weighted by molar-refractivity contribution is 0.114. The number of hydrogen-bond donors (Lipinski definition) is 2. The van der Waals surface area contributed by atoms with E-state index in [1.807, 2.05) is 0 Å². The lowest BCUT2D eigenvalue weighted by atomic mass is 9.83. The molecule has 4 heteroatoms. The second-order valence-electron chi connectivity index (χ2n) is 7.01. The standard InChI is InChI=1S/C17H32N2O2/c1-2-3-7-14-8-6-11-19(12-14)13-15-9-4-5-10-16(15)18-17(20)21/h14-16,18H,2-13H2,1H3,(H,20,21)/t14?,15-,16+/m0/s1. The molecule has 122 valence electrons. The van der Waals surface area contributed by atoms with Crippen LogP contribution in [-0.2, 0) is 0 Å². The van der Waals surface area contributed by atoms with Gasteiger partial charge in [-0.2, -0.15) is 0 Å². The zero-order valence-corrected chi connectivity index (χ0v) is 13.5. The smallest absolute Gasteiger partial charge is 0.404 e. The minimum Gasteiger partial charge on any atom is -0.465 e. The van der Waals surface area contributed by atoms with Gasteiger partial charge in [0.25, 0.3) is 0 Å². The number of nitrogens with zero attached hydrogens (tertiary/aromatic N) is 1. The number of rotatable bonds is 6. The number of carboxylic acid groups (broad SMARTS) is 1. The minimum absolute atomic E-state index is 0.173. The Hall–Kier alpha value is -0.770. The van der Waals surface area contributed by atoms with E-state index < -0.39 is 6.09 Å². The van der Waals surface area contributed by atoms with Crippen LogP contribution in [0.2, 0.25) is 0 Å². The van der Waals surface area contributed by atoms with Gasteiger partial charge in [-0.1, -0.05) is 32.6 Å². The van der Waals surface area contributed by atoms with Gasteiger partial charge >= 0.3 is 6.09 Å². The maximum atomic E-state index is 11.0. The molecule has 0 radical (unpaired) electrons. The van der Waals surface area contributed by atoms with E-state index in [9.17, 15) is 4.79 Å². The van der Waals surface area contributed by atoms with Crippen molar-refractivity contribution in [1.82, 2.24) is 10.2 Å². The third-order valence-corrected chi connectivity index (χ3v) is 5.28. The predicted octanol–water partition coefficient (Wildman–Crippen LogP) is 3.72. The van der Waals surface area contributed by atoms with E-state index in [-0.39, 0.29) is 6.04 Å². The van der Waals surface area contributed by atoms with Gasteiger partial charge in [-0.05, 0) is 50.5 Å². The zero-order valence-electron chi connectivity index (χ0n) is 13.5. The molecule has 2 N–H and O–H groups in total. The first-order valence-electron chi connectivity index (χ1n) is 8.91. The second kappa shape index (κ2) is 8.62. The van der Waals surface area contributed by atoms with Gasteiger partial charge in [-0.3, -0.25) is 0 Å². The van der Waals surface area contributed by atoms with Crippen LogP contribution >= 0.6 is 0 Å². The fourth-order valence-corrected chi connectivity index (χ4v) is 4.15. The maximum absolute atomic E-state index is 11.0. The summed E-state index contributed by atoms with van der Waals surface area (Å²) in [7, 11) is 0. The normalized spacial score (nSPS) is 31.0. The molecule has 1 aliphatic heterocycles. The van der Waals surface area contributed by atoms with Gasteiger partial charge in [-0.25, -0.2) is 4.79 Å². The number of unbranched alkanes of at least 4 members (excludes halogenated alkanes) is 1. The van der Waals surface area contributed by atoms with E-state index in [4.69, 9.17) is 5.11 Å². The second-order valence-corrected chi connectivity index (χ2v) is 7.01. The number of hydrogen-bond acceptors (Lipinski definition) is 2. The topological polar surface area (TPSA) is 52.6 Å². The van der Waals surface area contributed by atoms with E-state index in [1.54, 1.807) is 0 Å². The van der Waals surface area contributed by atoms with E-state index in [0.29, 0.717) is 5.92 Å². The summed E-state index contributed by atoms with van der Waals surface area (Å²) in [6.07, 6.45) is 10.5. The first-order valence-corrected chi connectivity index (χ1v) is 8.91. The molecule has 1 unspecified atom stereocenters. The van der Waals surface area contributed by atoms with Crippen LogP contribution in [0, 0.1) is 11.8 Å². The van der Waals surface area contributed by atoms with Gasteiger partial charge in [0.1, 0.15) is 0 Å². The Kier molecular flexibility index (Phi) is 6.81. The molecule has 1 aliphatic carbocycles. The van der Waals surface area contributed by atoms with Crippen molar-refractivity contribution >= 4 is 6.09 Å². The molecule has 2 fully saturated rings. The first-order chi connectivity index (χ1) is 10.2. The van der Waals surface area contributed by atoms with E-state index in [0.717, 1.165) is 18.9 Å². The lowest BCUT2D eigenvalue weighted by Crippen LogP contribution is -2.47.